The second-order valence-corrected chi connectivity index (χ2v) is 5.03. The molecule has 0 atom stereocenters. The lowest BCUT2D eigenvalue weighted by atomic mass is 10.2. The number of halogens is 1. The zero-order valence-electron chi connectivity index (χ0n) is 11.0. The maximum absolute atomic E-state index is 11.8. The maximum atomic E-state index is 11.8. The molecule has 0 saturated carbocycles. The topological polar surface area (TPSA) is 64.1 Å². The Morgan fingerprint density at radius 1 is 1.39 bits per heavy atom. The van der Waals surface area contributed by atoms with Crippen molar-refractivity contribution in [3.63, 3.8) is 0 Å². The fourth-order valence-electron chi connectivity index (χ4n) is 1.49. The summed E-state index contributed by atoms with van der Waals surface area (Å²) in [6, 6.07) is 0. The van der Waals surface area contributed by atoms with Gasteiger partial charge in [-0.1, -0.05) is 25.4 Å². The molecule has 1 rings (SSSR count). The second kappa shape index (κ2) is 6.75. The van der Waals surface area contributed by atoms with Gasteiger partial charge >= 0.3 is 5.69 Å². The molecule has 1 aromatic heterocycles. The van der Waals surface area contributed by atoms with Gasteiger partial charge in [0.05, 0.1) is 0 Å². The van der Waals surface area contributed by atoms with Crippen LogP contribution in [0.5, 0.6) is 0 Å². The second-order valence-electron chi connectivity index (χ2n) is 4.65. The summed E-state index contributed by atoms with van der Waals surface area (Å²) in [5.41, 5.74) is -0.452. The summed E-state index contributed by atoms with van der Waals surface area (Å²) in [5.74, 6) is 0.480. The van der Waals surface area contributed by atoms with Crippen molar-refractivity contribution in [1.82, 2.24) is 9.55 Å². The highest BCUT2D eigenvalue weighted by Crippen LogP contribution is 2.03. The fourth-order valence-corrected chi connectivity index (χ4v) is 1.65. The normalized spacial score (nSPS) is 11.2. The van der Waals surface area contributed by atoms with Crippen LogP contribution in [0.4, 0.5) is 0 Å². The maximum Gasteiger partial charge on any atom is 0.329 e. The van der Waals surface area contributed by atoms with Crippen LogP contribution in [0.15, 0.2) is 9.59 Å². The van der Waals surface area contributed by atoms with Crippen LogP contribution in [0.3, 0.4) is 0 Å². The van der Waals surface area contributed by atoms with Crippen molar-refractivity contribution in [3.05, 3.63) is 31.6 Å². The molecule has 0 unspecified atom stereocenters. The Morgan fingerprint density at radius 3 is 2.67 bits per heavy atom. The van der Waals surface area contributed by atoms with Crippen molar-refractivity contribution >= 4 is 11.6 Å². The van der Waals surface area contributed by atoms with Crippen molar-refractivity contribution in [1.29, 1.82) is 0 Å². The van der Waals surface area contributed by atoms with Gasteiger partial charge in [-0.05, 0) is 19.3 Å². The smallest absolute Gasteiger partial charge is 0.329 e. The Kier molecular flexibility index (Phi) is 5.62. The number of H-pyrrole nitrogens is 1. The van der Waals surface area contributed by atoms with E-state index in [9.17, 15) is 9.59 Å². The van der Waals surface area contributed by atoms with Crippen LogP contribution in [-0.2, 0) is 11.3 Å². The number of hydrogen-bond donors (Lipinski definition) is 1. The van der Waals surface area contributed by atoms with Crippen LogP contribution in [0.2, 0.25) is 5.15 Å². The zero-order chi connectivity index (χ0) is 13.7. The third kappa shape index (κ3) is 3.99. The predicted molar refractivity (Wildman–Crippen MR) is 71.3 cm³/mol. The Bertz CT molecular complexity index is 505. The molecule has 1 N–H and O–H groups in total. The molecule has 0 amide bonds. The summed E-state index contributed by atoms with van der Waals surface area (Å²) in [5, 5.41) is 0.109. The molecule has 0 fully saturated rings. The lowest BCUT2D eigenvalue weighted by Crippen LogP contribution is -2.36. The standard InChI is InChI=1S/C12H19ClN2O3/c1-8(2)7-18-6-4-5-15-11(16)9(3)10(13)14-12(15)17/h8H,4-7H2,1-3H3,(H,14,17). The Hall–Kier alpha value is -1.07. The first-order valence-electron chi connectivity index (χ1n) is 6.00. The van der Waals surface area contributed by atoms with Gasteiger partial charge in [0.1, 0.15) is 5.15 Å². The molecular formula is C12H19ClN2O3. The number of hydrogen-bond acceptors (Lipinski definition) is 3. The summed E-state index contributed by atoms with van der Waals surface area (Å²) in [4.78, 5) is 25.8. The molecular weight excluding hydrogens is 256 g/mol. The van der Waals surface area contributed by atoms with Crippen molar-refractivity contribution in [3.8, 4) is 0 Å². The van der Waals surface area contributed by atoms with E-state index >= 15 is 0 Å². The molecule has 0 radical (unpaired) electrons. The molecule has 0 saturated heterocycles. The molecule has 6 heteroatoms. The van der Waals surface area contributed by atoms with E-state index in [0.717, 1.165) is 4.57 Å². The van der Waals surface area contributed by atoms with Gasteiger partial charge < -0.3 is 4.74 Å². The minimum Gasteiger partial charge on any atom is -0.381 e. The number of nitrogens with one attached hydrogen (secondary N) is 1. The van der Waals surface area contributed by atoms with Gasteiger partial charge in [-0.15, -0.1) is 0 Å². The highest BCUT2D eigenvalue weighted by molar-refractivity contribution is 6.30. The molecule has 0 aliphatic rings. The molecule has 5 nitrogen and oxygen atoms in total. The number of rotatable bonds is 6. The first-order valence-corrected chi connectivity index (χ1v) is 6.38. The van der Waals surface area contributed by atoms with Crippen LogP contribution in [0.25, 0.3) is 0 Å². The summed E-state index contributed by atoms with van der Waals surface area (Å²) >= 11 is 5.72. The van der Waals surface area contributed by atoms with Gasteiger partial charge in [-0.3, -0.25) is 14.3 Å². The third-order valence-electron chi connectivity index (χ3n) is 2.48. The van der Waals surface area contributed by atoms with Gasteiger partial charge in [0.15, 0.2) is 0 Å². The van der Waals surface area contributed by atoms with E-state index in [4.69, 9.17) is 16.3 Å². The zero-order valence-corrected chi connectivity index (χ0v) is 11.7. The van der Waals surface area contributed by atoms with Gasteiger partial charge in [0.25, 0.3) is 5.56 Å². The van der Waals surface area contributed by atoms with Gasteiger partial charge in [-0.25, -0.2) is 4.79 Å². The van der Waals surface area contributed by atoms with Crippen molar-refractivity contribution in [2.45, 2.75) is 33.7 Å². The SMILES string of the molecule is Cc1c(Cl)[nH]c(=O)n(CCCOCC(C)C)c1=O. The average Bonchev–Trinajstić information content (AvgIpc) is 2.29. The average molecular weight is 275 g/mol. The summed E-state index contributed by atoms with van der Waals surface area (Å²) in [7, 11) is 0. The van der Waals surface area contributed by atoms with Crippen molar-refractivity contribution in [2.75, 3.05) is 13.2 Å². The minimum atomic E-state index is -0.473. The summed E-state index contributed by atoms with van der Waals surface area (Å²) < 4.78 is 6.55. The van der Waals surface area contributed by atoms with Gasteiger partial charge in [0, 0.05) is 25.3 Å². The molecule has 0 aliphatic carbocycles. The van der Waals surface area contributed by atoms with E-state index in [2.05, 4.69) is 18.8 Å². The molecule has 1 aromatic rings. The van der Waals surface area contributed by atoms with Gasteiger partial charge in [0.2, 0.25) is 0 Å². The van der Waals surface area contributed by atoms with Crippen LogP contribution in [0.1, 0.15) is 25.8 Å². The predicted octanol–water partition coefficient (Wildman–Crippen LogP) is 1.56. The highest BCUT2D eigenvalue weighted by Gasteiger charge is 2.08. The van der Waals surface area contributed by atoms with E-state index in [1.54, 1.807) is 6.92 Å². The lowest BCUT2D eigenvalue weighted by Gasteiger charge is -2.08. The lowest BCUT2D eigenvalue weighted by molar-refractivity contribution is 0.105. The summed E-state index contributed by atoms with van der Waals surface area (Å²) in [6.07, 6.45) is 0.622. The molecule has 1 heterocycles. The van der Waals surface area contributed by atoms with Crippen molar-refractivity contribution in [2.24, 2.45) is 5.92 Å². The monoisotopic (exact) mass is 274 g/mol. The number of aromatic amines is 1. The van der Waals surface area contributed by atoms with Crippen molar-refractivity contribution < 1.29 is 4.74 Å². The quantitative estimate of drug-likeness (QED) is 0.632. The molecule has 18 heavy (non-hydrogen) atoms. The Labute approximate surface area is 111 Å². The molecule has 0 aliphatic heterocycles. The molecule has 0 aromatic carbocycles. The first kappa shape index (κ1) is 15.0. The Balaban J connectivity index is 2.61. The Morgan fingerprint density at radius 2 is 2.06 bits per heavy atom. The highest BCUT2D eigenvalue weighted by atomic mass is 35.5. The van der Waals surface area contributed by atoms with E-state index < -0.39 is 5.69 Å². The van der Waals surface area contributed by atoms with Crippen LogP contribution >= 0.6 is 11.6 Å². The van der Waals surface area contributed by atoms with Gasteiger partial charge in [-0.2, -0.15) is 0 Å². The first-order chi connectivity index (χ1) is 8.43. The number of ether oxygens (including phenoxy) is 1. The molecule has 0 bridgehead atoms. The number of nitrogens with zero attached hydrogens (tertiary/aromatic N) is 1. The molecule has 0 spiro atoms. The molecule has 102 valence electrons. The number of aromatic nitrogens is 2. The van der Waals surface area contributed by atoms with E-state index in [1.165, 1.54) is 0 Å². The van der Waals surface area contributed by atoms with E-state index in [-0.39, 0.29) is 10.7 Å². The van der Waals surface area contributed by atoms with E-state index in [0.29, 0.717) is 37.7 Å². The minimum absolute atomic E-state index is 0.109. The van der Waals surface area contributed by atoms with Crippen LogP contribution in [-0.4, -0.2) is 22.8 Å². The summed E-state index contributed by atoms with van der Waals surface area (Å²) in [6.45, 7) is 7.28. The van der Waals surface area contributed by atoms with Crippen LogP contribution < -0.4 is 11.2 Å². The van der Waals surface area contributed by atoms with Crippen LogP contribution in [0, 0.1) is 12.8 Å². The largest absolute Gasteiger partial charge is 0.381 e. The third-order valence-corrected chi connectivity index (χ3v) is 2.86. The fraction of sp³-hybridized carbons (Fsp3) is 0.667. The van der Waals surface area contributed by atoms with E-state index in [1.807, 2.05) is 0 Å².